The van der Waals surface area contributed by atoms with Gasteiger partial charge in [0.25, 0.3) is 5.91 Å². The van der Waals surface area contributed by atoms with Crippen LogP contribution in [0.25, 0.3) is 33.5 Å². The molecule has 4 heterocycles. The number of esters is 1. The van der Waals surface area contributed by atoms with Gasteiger partial charge in [0, 0.05) is 37.6 Å². The molecule has 0 radical (unpaired) electrons. The van der Waals surface area contributed by atoms with Crippen LogP contribution in [0.2, 0.25) is 0 Å². The predicted molar refractivity (Wildman–Crippen MR) is 167 cm³/mol. The molecular formula is C35H42N4O4. The molecule has 1 saturated carbocycles. The number of methoxy groups -OCH3 is 1. The number of aryl methyl sites for hydroxylation is 2. The van der Waals surface area contributed by atoms with Crippen molar-refractivity contribution in [3.05, 3.63) is 47.5 Å². The Bertz CT molecular complexity index is 1700. The van der Waals surface area contributed by atoms with Crippen LogP contribution in [0.1, 0.15) is 67.8 Å². The Morgan fingerprint density at radius 3 is 2.70 bits per heavy atom. The lowest BCUT2D eigenvalue weighted by atomic mass is 9.95. The van der Waals surface area contributed by atoms with Gasteiger partial charge in [-0.25, -0.2) is 4.98 Å². The van der Waals surface area contributed by atoms with Gasteiger partial charge in [0.2, 0.25) is 0 Å². The number of hydrogen-bond acceptors (Lipinski definition) is 5. The van der Waals surface area contributed by atoms with Gasteiger partial charge in [0.05, 0.1) is 36.4 Å². The van der Waals surface area contributed by atoms with Gasteiger partial charge in [0.1, 0.15) is 11.3 Å². The standard InChI is InChI=1S/C35H42N4O4/c1-4-22-7-6-15-38(20-22)34(40)27-17-28-32(30(19-27)42-3)37(2)33(36-28)29-18-26-9-5-8-24(12-13-25-14-16-43-35(25)41)31(26)39(29)21-23-10-11-23/h5,8-9,17-19,22-23,25H,4,6-7,10-16,20-21H2,1-3H3/t22-,25?/m1/s1. The summed E-state index contributed by atoms with van der Waals surface area (Å²) in [6, 6.07) is 12.6. The van der Waals surface area contributed by atoms with Crippen LogP contribution in [0.15, 0.2) is 36.4 Å². The number of nitrogens with zero attached hydrogens (tertiary/aromatic N) is 4. The number of fused-ring (bicyclic) bond motifs is 2. The SMILES string of the molecule is CC[C@@H]1CCCN(C(=O)c2cc(OC)c3c(c2)nc(-c2cc4cccc(CCC5CCOC5=O)c4n2CC2CC2)n3C)C1. The Kier molecular flexibility index (Phi) is 7.39. The number of cyclic esters (lactones) is 1. The van der Waals surface area contributed by atoms with Crippen molar-refractivity contribution in [3.8, 4) is 17.3 Å². The van der Waals surface area contributed by atoms with Crippen molar-refractivity contribution in [1.29, 1.82) is 0 Å². The van der Waals surface area contributed by atoms with Crippen LogP contribution in [0.5, 0.6) is 5.75 Å². The first-order valence-corrected chi connectivity index (χ1v) is 16.1. The van der Waals surface area contributed by atoms with Crippen molar-refractivity contribution in [2.45, 2.75) is 64.8 Å². The van der Waals surface area contributed by atoms with Gasteiger partial charge >= 0.3 is 5.97 Å². The van der Waals surface area contributed by atoms with Gasteiger partial charge in [-0.2, -0.15) is 0 Å². The smallest absolute Gasteiger partial charge is 0.309 e. The number of imidazole rings is 1. The summed E-state index contributed by atoms with van der Waals surface area (Å²) in [4.78, 5) is 33.0. The number of carbonyl (C=O) groups is 2. The van der Waals surface area contributed by atoms with Crippen molar-refractivity contribution >= 4 is 33.8 Å². The van der Waals surface area contributed by atoms with Gasteiger partial charge in [0.15, 0.2) is 5.82 Å². The monoisotopic (exact) mass is 582 g/mol. The van der Waals surface area contributed by atoms with Gasteiger partial charge in [-0.05, 0) is 80.5 Å². The fraction of sp³-hybridized carbons (Fsp3) is 0.514. The highest BCUT2D eigenvalue weighted by Crippen LogP contribution is 2.39. The highest BCUT2D eigenvalue weighted by Gasteiger charge is 2.30. The molecule has 1 aliphatic carbocycles. The van der Waals surface area contributed by atoms with E-state index in [-0.39, 0.29) is 17.8 Å². The number of ether oxygens (including phenoxy) is 2. The van der Waals surface area contributed by atoms with E-state index in [0.717, 1.165) is 74.3 Å². The minimum atomic E-state index is -0.0572. The molecule has 2 atom stereocenters. The number of rotatable bonds is 9. The van der Waals surface area contributed by atoms with Crippen molar-refractivity contribution in [2.24, 2.45) is 24.8 Å². The summed E-state index contributed by atoms with van der Waals surface area (Å²) in [6.45, 7) is 5.30. The summed E-state index contributed by atoms with van der Waals surface area (Å²) < 4.78 is 15.7. The molecule has 1 unspecified atom stereocenters. The van der Waals surface area contributed by atoms with Gasteiger partial charge in [-0.3, -0.25) is 9.59 Å². The van der Waals surface area contributed by atoms with Crippen molar-refractivity contribution in [3.63, 3.8) is 0 Å². The summed E-state index contributed by atoms with van der Waals surface area (Å²) in [6.07, 6.45) is 8.27. The zero-order valence-electron chi connectivity index (χ0n) is 25.6. The molecule has 2 aromatic heterocycles. The minimum absolute atomic E-state index is 0.0106. The summed E-state index contributed by atoms with van der Waals surface area (Å²) in [5, 5.41) is 1.19. The van der Waals surface area contributed by atoms with E-state index in [0.29, 0.717) is 29.8 Å². The lowest BCUT2D eigenvalue weighted by Gasteiger charge is -2.32. The number of para-hydroxylation sites is 1. The molecule has 1 amide bonds. The van der Waals surface area contributed by atoms with Crippen molar-refractivity contribution < 1.29 is 19.1 Å². The third kappa shape index (κ3) is 5.19. The van der Waals surface area contributed by atoms with E-state index in [1.807, 2.05) is 24.1 Å². The number of hydrogen-bond donors (Lipinski definition) is 0. The normalized spacial score (nSPS) is 20.7. The number of benzene rings is 2. The number of aromatic nitrogens is 3. The molecule has 2 aromatic carbocycles. The van der Waals surface area contributed by atoms with Gasteiger partial charge < -0.3 is 23.5 Å². The molecule has 2 saturated heterocycles. The van der Waals surface area contributed by atoms with Crippen LogP contribution >= 0.6 is 0 Å². The first-order chi connectivity index (χ1) is 20.9. The lowest BCUT2D eigenvalue weighted by molar-refractivity contribution is -0.141. The summed E-state index contributed by atoms with van der Waals surface area (Å²) in [5.74, 6) is 2.75. The maximum Gasteiger partial charge on any atom is 0.309 e. The van der Waals surface area contributed by atoms with E-state index in [9.17, 15) is 9.59 Å². The van der Waals surface area contributed by atoms with E-state index >= 15 is 0 Å². The van der Waals surface area contributed by atoms with E-state index in [1.165, 1.54) is 35.7 Å². The fourth-order valence-electron chi connectivity index (χ4n) is 7.25. The van der Waals surface area contributed by atoms with Crippen molar-refractivity contribution in [2.75, 3.05) is 26.8 Å². The largest absolute Gasteiger partial charge is 0.494 e. The third-order valence-electron chi connectivity index (χ3n) is 9.96. The van der Waals surface area contributed by atoms with Crippen LogP contribution in [-0.4, -0.2) is 57.7 Å². The molecule has 8 heteroatoms. The molecule has 3 aliphatic rings. The van der Waals surface area contributed by atoms with Crippen molar-refractivity contribution in [1.82, 2.24) is 19.0 Å². The summed E-state index contributed by atoms with van der Waals surface area (Å²) in [5.41, 5.74) is 5.87. The van der Waals surface area contributed by atoms with E-state index in [1.54, 1.807) is 7.11 Å². The molecule has 43 heavy (non-hydrogen) atoms. The quantitative estimate of drug-likeness (QED) is 0.214. The maximum atomic E-state index is 13.7. The molecule has 4 aromatic rings. The molecular weight excluding hydrogens is 540 g/mol. The molecule has 7 rings (SSSR count). The Hall–Kier alpha value is -3.81. The van der Waals surface area contributed by atoms with Crippen LogP contribution in [-0.2, 0) is 29.5 Å². The Morgan fingerprint density at radius 1 is 1.09 bits per heavy atom. The maximum absolute atomic E-state index is 13.7. The zero-order chi connectivity index (χ0) is 29.7. The first kappa shape index (κ1) is 28.0. The molecule has 0 bridgehead atoms. The highest BCUT2D eigenvalue weighted by molar-refractivity contribution is 6.00. The zero-order valence-corrected chi connectivity index (χ0v) is 25.6. The number of carbonyl (C=O) groups excluding carboxylic acids is 2. The third-order valence-corrected chi connectivity index (χ3v) is 9.96. The Morgan fingerprint density at radius 2 is 1.95 bits per heavy atom. The van der Waals surface area contributed by atoms with E-state index in [4.69, 9.17) is 14.5 Å². The summed E-state index contributed by atoms with van der Waals surface area (Å²) >= 11 is 0. The van der Waals surface area contributed by atoms with Gasteiger partial charge in [-0.1, -0.05) is 31.5 Å². The second kappa shape index (κ2) is 11.4. The molecule has 2 aliphatic heterocycles. The number of likely N-dealkylation sites (tertiary alicyclic amines) is 1. The molecule has 0 spiro atoms. The predicted octanol–water partition coefficient (Wildman–Crippen LogP) is 6.37. The highest BCUT2D eigenvalue weighted by atomic mass is 16.5. The minimum Gasteiger partial charge on any atom is -0.494 e. The second-order valence-electron chi connectivity index (χ2n) is 12.8. The topological polar surface area (TPSA) is 78.6 Å². The summed E-state index contributed by atoms with van der Waals surface area (Å²) in [7, 11) is 3.71. The Labute approximate surface area is 253 Å². The van der Waals surface area contributed by atoms with Gasteiger partial charge in [-0.15, -0.1) is 0 Å². The first-order valence-electron chi connectivity index (χ1n) is 16.1. The number of amides is 1. The molecule has 0 N–H and O–H groups in total. The van der Waals surface area contributed by atoms with Crippen LogP contribution in [0.4, 0.5) is 0 Å². The molecule has 226 valence electrons. The Balaban J connectivity index is 1.29. The molecule has 8 nitrogen and oxygen atoms in total. The fourth-order valence-corrected chi connectivity index (χ4v) is 7.25. The number of piperidine rings is 1. The van der Waals surface area contributed by atoms with E-state index < -0.39 is 0 Å². The second-order valence-corrected chi connectivity index (χ2v) is 12.8. The average molecular weight is 583 g/mol. The van der Waals surface area contributed by atoms with Crippen LogP contribution in [0, 0.1) is 17.8 Å². The lowest BCUT2D eigenvalue weighted by Crippen LogP contribution is -2.39. The molecule has 3 fully saturated rings. The van der Waals surface area contributed by atoms with Crippen LogP contribution < -0.4 is 4.74 Å². The van der Waals surface area contributed by atoms with E-state index in [2.05, 4.69) is 40.3 Å². The average Bonchev–Trinajstić information content (AvgIpc) is 3.50. The van der Waals surface area contributed by atoms with Crippen LogP contribution in [0.3, 0.4) is 0 Å².